The van der Waals surface area contributed by atoms with Gasteiger partial charge < -0.3 is 15.5 Å². The van der Waals surface area contributed by atoms with E-state index in [1.165, 1.54) is 39.8 Å². The predicted octanol–water partition coefficient (Wildman–Crippen LogP) is 2.19. The van der Waals surface area contributed by atoms with Crippen molar-refractivity contribution in [3.05, 3.63) is 57.6 Å². The molecule has 0 bridgehead atoms. The van der Waals surface area contributed by atoms with E-state index >= 15 is 0 Å². The number of thiazole rings is 1. The van der Waals surface area contributed by atoms with Crippen LogP contribution in [0, 0.1) is 0 Å². The SMILES string of the molecule is O=C(O)CCc1csc(SC2=C(C(=O)O)N3C(=O)[C@@H](NC(=O)Cc4ccccc4)[C@@H]3SC2)n1. The third-order valence-electron chi connectivity index (χ3n) is 5.00. The highest BCUT2D eigenvalue weighted by Gasteiger charge is 2.54. The average molecular weight is 506 g/mol. The Balaban J connectivity index is 1.44. The number of amides is 2. The minimum atomic E-state index is -1.21. The maximum Gasteiger partial charge on any atom is 0.353 e. The zero-order chi connectivity index (χ0) is 23.5. The van der Waals surface area contributed by atoms with E-state index in [1.807, 2.05) is 30.3 Å². The van der Waals surface area contributed by atoms with Crippen molar-refractivity contribution in [2.45, 2.75) is 35.0 Å². The summed E-state index contributed by atoms with van der Waals surface area (Å²) in [5, 5.41) is 22.6. The number of thioether (sulfide) groups is 2. The van der Waals surface area contributed by atoms with Gasteiger partial charge >= 0.3 is 11.9 Å². The van der Waals surface area contributed by atoms with Crippen molar-refractivity contribution in [2.24, 2.45) is 0 Å². The highest BCUT2D eigenvalue weighted by atomic mass is 32.2. The van der Waals surface area contributed by atoms with E-state index in [0.29, 0.717) is 27.1 Å². The Morgan fingerprint density at radius 2 is 1.97 bits per heavy atom. The van der Waals surface area contributed by atoms with Crippen LogP contribution >= 0.6 is 34.9 Å². The van der Waals surface area contributed by atoms with Crippen LogP contribution in [-0.2, 0) is 32.0 Å². The maximum atomic E-state index is 12.8. The van der Waals surface area contributed by atoms with Crippen LogP contribution in [0.15, 0.2) is 50.7 Å². The Morgan fingerprint density at radius 1 is 1.21 bits per heavy atom. The molecule has 0 aliphatic carbocycles. The molecular formula is C21H19N3O6S3. The molecule has 2 aliphatic rings. The molecule has 2 aliphatic heterocycles. The monoisotopic (exact) mass is 505 g/mol. The quantitative estimate of drug-likeness (QED) is 0.438. The van der Waals surface area contributed by atoms with Crippen LogP contribution in [0.25, 0.3) is 0 Å². The number of β-lactam (4-membered cyclic amide) rings is 1. The second-order valence-electron chi connectivity index (χ2n) is 7.29. The number of rotatable bonds is 9. The lowest BCUT2D eigenvalue weighted by Gasteiger charge is -2.49. The summed E-state index contributed by atoms with van der Waals surface area (Å²) in [6.45, 7) is 0. The van der Waals surface area contributed by atoms with Gasteiger partial charge in [-0.25, -0.2) is 9.78 Å². The lowest BCUT2D eigenvalue weighted by molar-refractivity contribution is -0.150. The van der Waals surface area contributed by atoms with Crippen LogP contribution in [0.1, 0.15) is 17.7 Å². The average Bonchev–Trinajstić information content (AvgIpc) is 3.23. The molecule has 4 rings (SSSR count). The molecule has 172 valence electrons. The van der Waals surface area contributed by atoms with Crippen molar-refractivity contribution >= 4 is 58.6 Å². The summed E-state index contributed by atoms with van der Waals surface area (Å²) in [6.07, 6.45) is 0.399. The number of aliphatic carboxylic acids is 2. The van der Waals surface area contributed by atoms with Crippen LogP contribution in [-0.4, -0.2) is 61.0 Å². The summed E-state index contributed by atoms with van der Waals surface area (Å²) in [4.78, 5) is 54.0. The van der Waals surface area contributed by atoms with E-state index in [1.54, 1.807) is 5.38 Å². The summed E-state index contributed by atoms with van der Waals surface area (Å²) < 4.78 is 0.587. The number of nitrogens with zero attached hydrogens (tertiary/aromatic N) is 2. The molecule has 1 fully saturated rings. The van der Waals surface area contributed by atoms with Gasteiger partial charge in [0.25, 0.3) is 5.91 Å². The fraction of sp³-hybridized carbons (Fsp3) is 0.286. The first-order valence-corrected chi connectivity index (χ1v) is 12.7. The van der Waals surface area contributed by atoms with E-state index in [-0.39, 0.29) is 24.4 Å². The topological polar surface area (TPSA) is 137 Å². The minimum absolute atomic E-state index is 0.0336. The smallest absolute Gasteiger partial charge is 0.353 e. The Hall–Kier alpha value is -2.83. The lowest BCUT2D eigenvalue weighted by Crippen LogP contribution is -2.70. The van der Waals surface area contributed by atoms with Gasteiger partial charge in [0, 0.05) is 22.5 Å². The molecule has 2 atom stereocenters. The number of fused-ring (bicyclic) bond motifs is 1. The van der Waals surface area contributed by atoms with Gasteiger partial charge in [0.1, 0.15) is 17.1 Å². The first-order chi connectivity index (χ1) is 15.8. The number of hydrogen-bond donors (Lipinski definition) is 3. The molecule has 2 amide bonds. The zero-order valence-electron chi connectivity index (χ0n) is 17.1. The van der Waals surface area contributed by atoms with E-state index in [4.69, 9.17) is 5.11 Å². The second-order valence-corrected chi connectivity index (χ2v) is 10.6. The number of benzene rings is 1. The highest BCUT2D eigenvalue weighted by Crippen LogP contribution is 2.45. The molecule has 12 heteroatoms. The van der Waals surface area contributed by atoms with Gasteiger partial charge in [-0.3, -0.25) is 19.3 Å². The van der Waals surface area contributed by atoms with Crippen molar-refractivity contribution < 1.29 is 29.4 Å². The molecule has 0 saturated carbocycles. The molecule has 33 heavy (non-hydrogen) atoms. The number of aromatic nitrogens is 1. The first-order valence-electron chi connectivity index (χ1n) is 9.92. The highest BCUT2D eigenvalue weighted by molar-refractivity contribution is 8.07. The van der Waals surface area contributed by atoms with Gasteiger partial charge in [-0.1, -0.05) is 42.1 Å². The molecule has 0 spiro atoms. The van der Waals surface area contributed by atoms with Gasteiger partial charge in [0.15, 0.2) is 4.34 Å². The number of nitrogens with one attached hydrogen (secondary N) is 1. The van der Waals surface area contributed by atoms with Crippen LogP contribution < -0.4 is 5.32 Å². The molecule has 2 aromatic rings. The van der Waals surface area contributed by atoms with Crippen LogP contribution in [0.5, 0.6) is 0 Å². The van der Waals surface area contributed by atoms with E-state index in [2.05, 4.69) is 10.3 Å². The van der Waals surface area contributed by atoms with Gasteiger partial charge in [-0.2, -0.15) is 0 Å². The van der Waals surface area contributed by atoms with Crippen LogP contribution in [0.3, 0.4) is 0 Å². The van der Waals surface area contributed by atoms with Gasteiger partial charge in [0.05, 0.1) is 18.5 Å². The van der Waals surface area contributed by atoms with Crippen molar-refractivity contribution in [3.8, 4) is 0 Å². The summed E-state index contributed by atoms with van der Waals surface area (Å²) in [5.41, 5.74) is 1.36. The minimum Gasteiger partial charge on any atom is -0.481 e. The number of carboxylic acid groups (broad SMARTS) is 2. The largest absolute Gasteiger partial charge is 0.481 e. The molecule has 1 aromatic carbocycles. The Morgan fingerprint density at radius 3 is 2.67 bits per heavy atom. The van der Waals surface area contributed by atoms with E-state index < -0.39 is 29.3 Å². The normalized spacial score (nSPS) is 19.6. The Kier molecular flexibility index (Phi) is 7.05. The molecule has 0 radical (unpaired) electrons. The second kappa shape index (κ2) is 9.98. The van der Waals surface area contributed by atoms with Crippen molar-refractivity contribution in [1.29, 1.82) is 0 Å². The van der Waals surface area contributed by atoms with Gasteiger partial charge in [-0.15, -0.1) is 23.1 Å². The Bertz CT molecular complexity index is 1130. The number of carboxylic acids is 2. The predicted molar refractivity (Wildman–Crippen MR) is 124 cm³/mol. The summed E-state index contributed by atoms with van der Waals surface area (Å²) in [6, 6.07) is 8.39. The maximum absolute atomic E-state index is 12.8. The van der Waals surface area contributed by atoms with Crippen molar-refractivity contribution in [2.75, 3.05) is 5.75 Å². The molecule has 3 N–H and O–H groups in total. The molecule has 0 unspecified atom stereocenters. The molecule has 3 heterocycles. The summed E-state index contributed by atoms with van der Waals surface area (Å²) in [7, 11) is 0. The van der Waals surface area contributed by atoms with Crippen molar-refractivity contribution in [3.63, 3.8) is 0 Å². The lowest BCUT2D eigenvalue weighted by atomic mass is 10.0. The van der Waals surface area contributed by atoms with E-state index in [0.717, 1.165) is 5.56 Å². The molecule has 9 nitrogen and oxygen atoms in total. The summed E-state index contributed by atoms with van der Waals surface area (Å²) in [5.74, 6) is -2.52. The van der Waals surface area contributed by atoms with Gasteiger partial charge in [0.2, 0.25) is 5.91 Å². The van der Waals surface area contributed by atoms with E-state index in [9.17, 15) is 24.3 Å². The number of carbonyl (C=O) groups is 4. The van der Waals surface area contributed by atoms with Crippen LogP contribution in [0.4, 0.5) is 0 Å². The third kappa shape index (κ3) is 5.23. The fourth-order valence-corrected chi connectivity index (χ4v) is 6.97. The first kappa shape index (κ1) is 23.3. The molecule has 1 saturated heterocycles. The van der Waals surface area contributed by atoms with Crippen molar-refractivity contribution in [1.82, 2.24) is 15.2 Å². The Labute approximate surface area is 201 Å². The van der Waals surface area contributed by atoms with Gasteiger partial charge in [-0.05, 0) is 5.56 Å². The molecular weight excluding hydrogens is 486 g/mol. The number of carbonyl (C=O) groups excluding carboxylic acids is 2. The zero-order valence-corrected chi connectivity index (χ0v) is 19.5. The van der Waals surface area contributed by atoms with Crippen LogP contribution in [0.2, 0.25) is 0 Å². The number of aryl methyl sites for hydroxylation is 1. The summed E-state index contributed by atoms with van der Waals surface area (Å²) >= 11 is 3.86. The third-order valence-corrected chi connectivity index (χ3v) is 8.53. The number of hydrogen-bond acceptors (Lipinski definition) is 8. The fourth-order valence-electron chi connectivity index (χ4n) is 3.47. The molecule has 1 aromatic heterocycles. The standard InChI is InChI=1S/C21H19N3O6S3/c25-14(8-11-4-2-1-3-5-11)23-16-18(28)24-17(20(29)30)13(10-31-19(16)24)33-21-22-12(9-32-21)6-7-15(26)27/h1-5,9,16,19H,6-8,10H2,(H,23,25)(H,26,27)(H,29,30)/t16-,19+/m1/s1.